The third kappa shape index (κ3) is 3.80. The molecule has 0 aliphatic heterocycles. The molecule has 2 aromatic rings. The number of hydrogen-bond acceptors (Lipinski definition) is 3. The lowest BCUT2D eigenvalue weighted by Gasteiger charge is -2.14. The van der Waals surface area contributed by atoms with Gasteiger partial charge in [0.05, 0.1) is 12.7 Å². The highest BCUT2D eigenvalue weighted by Gasteiger charge is 2.09. The van der Waals surface area contributed by atoms with E-state index in [0.29, 0.717) is 6.61 Å². The van der Waals surface area contributed by atoms with Crippen molar-refractivity contribution < 1.29 is 9.84 Å². The maximum absolute atomic E-state index is 9.76. The number of aliphatic hydroxyl groups excluding tert-OH is 1. The van der Waals surface area contributed by atoms with Gasteiger partial charge >= 0.3 is 0 Å². The Balaban J connectivity index is 2.00. The number of pyridine rings is 1. The summed E-state index contributed by atoms with van der Waals surface area (Å²) in [5, 5.41) is 9.76. The van der Waals surface area contributed by atoms with Crippen LogP contribution in [-0.4, -0.2) is 16.7 Å². The van der Waals surface area contributed by atoms with Crippen LogP contribution in [0.25, 0.3) is 0 Å². The van der Waals surface area contributed by atoms with Crippen molar-refractivity contribution in [3.05, 3.63) is 59.4 Å². The number of benzene rings is 1. The van der Waals surface area contributed by atoms with Gasteiger partial charge in [-0.3, -0.25) is 4.98 Å². The minimum absolute atomic E-state index is 0.520. The summed E-state index contributed by atoms with van der Waals surface area (Å²) in [6, 6.07) is 9.82. The number of nitrogens with zero attached hydrogens (tertiary/aromatic N) is 1. The molecule has 0 radical (unpaired) electrons. The summed E-state index contributed by atoms with van der Waals surface area (Å²) >= 11 is 0. The first-order chi connectivity index (χ1) is 9.16. The van der Waals surface area contributed by atoms with Gasteiger partial charge in [-0.15, -0.1) is 0 Å². The van der Waals surface area contributed by atoms with Gasteiger partial charge in [0.2, 0.25) is 0 Å². The summed E-state index contributed by atoms with van der Waals surface area (Å²) in [4.78, 5) is 4.07. The normalized spacial score (nSPS) is 12.2. The Hall–Kier alpha value is -1.87. The first-order valence-corrected chi connectivity index (χ1v) is 6.47. The second kappa shape index (κ2) is 6.34. The Morgan fingerprint density at radius 1 is 1.32 bits per heavy atom. The molecule has 3 nitrogen and oxygen atoms in total. The topological polar surface area (TPSA) is 42.4 Å². The van der Waals surface area contributed by atoms with E-state index in [1.165, 1.54) is 0 Å². The van der Waals surface area contributed by atoms with E-state index in [2.05, 4.69) is 4.98 Å². The van der Waals surface area contributed by atoms with Gasteiger partial charge in [-0.05, 0) is 37.6 Å². The average Bonchev–Trinajstić information content (AvgIpc) is 2.41. The van der Waals surface area contributed by atoms with Crippen LogP contribution in [0.5, 0.6) is 5.75 Å². The van der Waals surface area contributed by atoms with Crippen LogP contribution in [0.1, 0.15) is 29.7 Å². The number of ether oxygens (including phenoxy) is 1. The highest BCUT2D eigenvalue weighted by atomic mass is 16.5. The summed E-state index contributed by atoms with van der Waals surface area (Å²) in [6.07, 6.45) is 3.89. The van der Waals surface area contributed by atoms with Gasteiger partial charge in [-0.1, -0.05) is 17.7 Å². The Morgan fingerprint density at radius 3 is 2.84 bits per heavy atom. The lowest BCUT2D eigenvalue weighted by atomic mass is 10.1. The van der Waals surface area contributed by atoms with Gasteiger partial charge in [0.25, 0.3) is 0 Å². The van der Waals surface area contributed by atoms with Crippen molar-refractivity contribution in [1.29, 1.82) is 0 Å². The van der Waals surface area contributed by atoms with Crippen LogP contribution in [0.15, 0.2) is 42.7 Å². The fourth-order valence-electron chi connectivity index (χ4n) is 1.95. The molecule has 3 heteroatoms. The van der Waals surface area contributed by atoms with Crippen molar-refractivity contribution in [1.82, 2.24) is 4.98 Å². The van der Waals surface area contributed by atoms with E-state index >= 15 is 0 Å². The van der Waals surface area contributed by atoms with Gasteiger partial charge in [0.15, 0.2) is 0 Å². The molecule has 1 aromatic heterocycles. The van der Waals surface area contributed by atoms with Crippen LogP contribution in [0.3, 0.4) is 0 Å². The van der Waals surface area contributed by atoms with Crippen molar-refractivity contribution in [3.63, 3.8) is 0 Å². The molecule has 0 aliphatic carbocycles. The third-order valence-corrected chi connectivity index (χ3v) is 2.99. The minimum atomic E-state index is -0.520. The van der Waals surface area contributed by atoms with Gasteiger partial charge in [-0.25, -0.2) is 0 Å². The van der Waals surface area contributed by atoms with E-state index in [0.717, 1.165) is 28.9 Å². The number of hydrogen-bond donors (Lipinski definition) is 1. The van der Waals surface area contributed by atoms with Crippen molar-refractivity contribution in [2.24, 2.45) is 0 Å². The molecule has 0 spiro atoms. The van der Waals surface area contributed by atoms with Crippen molar-refractivity contribution in [2.75, 3.05) is 6.61 Å². The zero-order valence-corrected chi connectivity index (χ0v) is 11.3. The number of aryl methyl sites for hydroxylation is 1. The van der Waals surface area contributed by atoms with Gasteiger partial charge in [0, 0.05) is 24.4 Å². The van der Waals surface area contributed by atoms with E-state index in [1.807, 2.05) is 43.5 Å². The Labute approximate surface area is 113 Å². The molecule has 1 N–H and O–H groups in total. The summed E-state index contributed by atoms with van der Waals surface area (Å²) in [7, 11) is 0. The summed E-state index contributed by atoms with van der Waals surface area (Å²) < 4.78 is 5.77. The van der Waals surface area contributed by atoms with Crippen molar-refractivity contribution in [3.8, 4) is 5.75 Å². The predicted octanol–water partition coefficient (Wildman–Crippen LogP) is 3.06. The van der Waals surface area contributed by atoms with Crippen LogP contribution in [-0.2, 0) is 6.42 Å². The highest BCUT2D eigenvalue weighted by molar-refractivity contribution is 5.38. The van der Waals surface area contributed by atoms with Crippen LogP contribution >= 0.6 is 0 Å². The molecule has 0 amide bonds. The van der Waals surface area contributed by atoms with Crippen LogP contribution in [0.4, 0.5) is 0 Å². The Kier molecular flexibility index (Phi) is 4.53. The molecule has 0 fully saturated rings. The SMILES string of the molecule is Cc1ccc(OCCc2cccnc2)c([C@@H](C)O)c1. The van der Waals surface area contributed by atoms with E-state index in [4.69, 9.17) is 4.74 Å². The van der Waals surface area contributed by atoms with Gasteiger partial charge < -0.3 is 9.84 Å². The first kappa shape index (κ1) is 13.6. The van der Waals surface area contributed by atoms with Gasteiger partial charge in [0.1, 0.15) is 5.75 Å². The van der Waals surface area contributed by atoms with Crippen molar-refractivity contribution >= 4 is 0 Å². The largest absolute Gasteiger partial charge is 0.493 e. The van der Waals surface area contributed by atoms with E-state index in [-0.39, 0.29) is 0 Å². The molecule has 2 rings (SSSR count). The molecule has 0 bridgehead atoms. The highest BCUT2D eigenvalue weighted by Crippen LogP contribution is 2.26. The van der Waals surface area contributed by atoms with E-state index in [9.17, 15) is 5.11 Å². The van der Waals surface area contributed by atoms with E-state index in [1.54, 1.807) is 13.1 Å². The molecule has 0 unspecified atom stereocenters. The molecule has 1 atom stereocenters. The maximum atomic E-state index is 9.76. The molecule has 0 aliphatic rings. The van der Waals surface area contributed by atoms with Crippen LogP contribution < -0.4 is 4.74 Å². The number of aromatic nitrogens is 1. The molecule has 100 valence electrons. The lowest BCUT2D eigenvalue weighted by Crippen LogP contribution is -2.05. The fourth-order valence-corrected chi connectivity index (χ4v) is 1.95. The molecule has 1 heterocycles. The molecule has 1 aromatic carbocycles. The average molecular weight is 257 g/mol. The molecular weight excluding hydrogens is 238 g/mol. The zero-order chi connectivity index (χ0) is 13.7. The minimum Gasteiger partial charge on any atom is -0.493 e. The Morgan fingerprint density at radius 2 is 2.16 bits per heavy atom. The quantitative estimate of drug-likeness (QED) is 0.895. The zero-order valence-electron chi connectivity index (χ0n) is 11.3. The monoisotopic (exact) mass is 257 g/mol. The van der Waals surface area contributed by atoms with E-state index < -0.39 is 6.10 Å². The smallest absolute Gasteiger partial charge is 0.125 e. The summed E-state index contributed by atoms with van der Waals surface area (Å²) in [5.74, 6) is 0.754. The summed E-state index contributed by atoms with van der Waals surface area (Å²) in [6.45, 7) is 4.34. The second-order valence-electron chi connectivity index (χ2n) is 4.68. The standard InChI is InChI=1S/C16H19NO2/c1-12-5-6-16(15(10-12)13(2)18)19-9-7-14-4-3-8-17-11-14/h3-6,8,10-11,13,18H,7,9H2,1-2H3/t13-/m1/s1. The molecule has 19 heavy (non-hydrogen) atoms. The third-order valence-electron chi connectivity index (χ3n) is 2.99. The first-order valence-electron chi connectivity index (χ1n) is 6.47. The predicted molar refractivity (Wildman–Crippen MR) is 75.2 cm³/mol. The lowest BCUT2D eigenvalue weighted by molar-refractivity contribution is 0.191. The molecular formula is C16H19NO2. The fraction of sp³-hybridized carbons (Fsp3) is 0.312. The van der Waals surface area contributed by atoms with Crippen molar-refractivity contribution in [2.45, 2.75) is 26.4 Å². The maximum Gasteiger partial charge on any atom is 0.125 e. The molecule has 0 saturated heterocycles. The number of rotatable bonds is 5. The summed E-state index contributed by atoms with van der Waals surface area (Å²) in [5.41, 5.74) is 3.11. The Bertz CT molecular complexity index is 524. The molecule has 0 saturated carbocycles. The van der Waals surface area contributed by atoms with Gasteiger partial charge in [-0.2, -0.15) is 0 Å². The van der Waals surface area contributed by atoms with Crippen LogP contribution in [0.2, 0.25) is 0 Å². The number of aliphatic hydroxyl groups is 1. The van der Waals surface area contributed by atoms with Crippen LogP contribution in [0, 0.1) is 6.92 Å². The second-order valence-corrected chi connectivity index (χ2v) is 4.68.